The lowest BCUT2D eigenvalue weighted by Gasteiger charge is -2.31. The van der Waals surface area contributed by atoms with Gasteiger partial charge in [0.15, 0.2) is 0 Å². The van der Waals surface area contributed by atoms with Gasteiger partial charge < -0.3 is 21.3 Å². The molecule has 1 unspecified atom stereocenters. The van der Waals surface area contributed by atoms with Crippen molar-refractivity contribution in [2.45, 2.75) is 46.1 Å². The molecule has 150 valence electrons. The molecule has 1 saturated heterocycles. The molecule has 1 heterocycles. The molecule has 1 aromatic carbocycles. The Balaban J connectivity index is 2.09. The molecule has 1 aliphatic heterocycles. The number of carbonyl (C=O) groups excluding carboxylic acids is 2. The Morgan fingerprint density at radius 3 is 2.44 bits per heavy atom. The Hall–Kier alpha value is -2.28. The van der Waals surface area contributed by atoms with Gasteiger partial charge in [-0.25, -0.2) is 4.79 Å². The van der Waals surface area contributed by atoms with E-state index in [2.05, 4.69) is 41.2 Å². The van der Waals surface area contributed by atoms with Gasteiger partial charge in [-0.1, -0.05) is 13.8 Å². The molecule has 0 aromatic heterocycles. The van der Waals surface area contributed by atoms with E-state index < -0.39 is 5.91 Å². The highest BCUT2D eigenvalue weighted by Gasteiger charge is 2.18. The predicted molar refractivity (Wildman–Crippen MR) is 110 cm³/mol. The SMILES string of the molecule is CCN(CC)C(C)CNC(=O)Nc1cc(C(N)=O)ccc1N1CCCCC1. The number of anilines is 2. The van der Waals surface area contributed by atoms with Gasteiger partial charge in [0.2, 0.25) is 5.91 Å². The highest BCUT2D eigenvalue weighted by molar-refractivity contribution is 5.98. The number of nitrogens with two attached hydrogens (primary N) is 1. The zero-order valence-electron chi connectivity index (χ0n) is 16.8. The Morgan fingerprint density at radius 1 is 1.19 bits per heavy atom. The van der Waals surface area contributed by atoms with Crippen molar-refractivity contribution in [2.75, 3.05) is 42.9 Å². The van der Waals surface area contributed by atoms with Gasteiger partial charge in [0.05, 0.1) is 11.4 Å². The van der Waals surface area contributed by atoms with Crippen molar-refractivity contribution >= 4 is 23.3 Å². The van der Waals surface area contributed by atoms with Crippen LogP contribution in [0.2, 0.25) is 0 Å². The third-order valence-electron chi connectivity index (χ3n) is 5.22. The number of hydrogen-bond acceptors (Lipinski definition) is 4. The highest BCUT2D eigenvalue weighted by Crippen LogP contribution is 2.29. The van der Waals surface area contributed by atoms with Crippen molar-refractivity contribution in [3.05, 3.63) is 23.8 Å². The fourth-order valence-corrected chi connectivity index (χ4v) is 3.58. The number of piperidine rings is 1. The van der Waals surface area contributed by atoms with Gasteiger partial charge >= 0.3 is 6.03 Å². The van der Waals surface area contributed by atoms with Crippen LogP contribution in [-0.2, 0) is 0 Å². The van der Waals surface area contributed by atoms with Gasteiger partial charge in [-0.05, 0) is 57.5 Å². The molecule has 4 N–H and O–H groups in total. The molecule has 7 nitrogen and oxygen atoms in total. The molecule has 1 aromatic rings. The molecule has 0 saturated carbocycles. The number of likely N-dealkylation sites (N-methyl/N-ethyl adjacent to an activating group) is 1. The molecule has 27 heavy (non-hydrogen) atoms. The second-order valence-corrected chi connectivity index (χ2v) is 7.05. The summed E-state index contributed by atoms with van der Waals surface area (Å²) in [5, 5.41) is 5.85. The van der Waals surface area contributed by atoms with Gasteiger partial charge in [0, 0.05) is 31.2 Å². The van der Waals surface area contributed by atoms with E-state index in [1.54, 1.807) is 12.1 Å². The fourth-order valence-electron chi connectivity index (χ4n) is 3.58. The van der Waals surface area contributed by atoms with Crippen LogP contribution < -0.4 is 21.3 Å². The minimum Gasteiger partial charge on any atom is -0.370 e. The molecular formula is C20H33N5O2. The summed E-state index contributed by atoms with van der Waals surface area (Å²) in [4.78, 5) is 28.6. The Labute approximate surface area is 162 Å². The van der Waals surface area contributed by atoms with Crippen LogP contribution in [0.3, 0.4) is 0 Å². The molecule has 0 spiro atoms. The first kappa shape index (κ1) is 21.0. The van der Waals surface area contributed by atoms with Crippen molar-refractivity contribution in [1.29, 1.82) is 0 Å². The second-order valence-electron chi connectivity index (χ2n) is 7.05. The van der Waals surface area contributed by atoms with E-state index in [9.17, 15) is 9.59 Å². The molecule has 1 atom stereocenters. The fraction of sp³-hybridized carbons (Fsp3) is 0.600. The summed E-state index contributed by atoms with van der Waals surface area (Å²) in [6, 6.07) is 5.25. The predicted octanol–water partition coefficient (Wildman–Crippen LogP) is 2.63. The first-order valence-corrected chi connectivity index (χ1v) is 9.94. The van der Waals surface area contributed by atoms with Crippen LogP contribution in [0.25, 0.3) is 0 Å². The zero-order chi connectivity index (χ0) is 19.8. The Morgan fingerprint density at radius 2 is 1.85 bits per heavy atom. The lowest BCUT2D eigenvalue weighted by atomic mass is 10.1. The molecule has 3 amide bonds. The average molecular weight is 376 g/mol. The molecule has 1 aliphatic rings. The maximum absolute atomic E-state index is 12.5. The number of nitrogens with zero attached hydrogens (tertiary/aromatic N) is 2. The van der Waals surface area contributed by atoms with E-state index >= 15 is 0 Å². The van der Waals surface area contributed by atoms with Gasteiger partial charge in [-0.15, -0.1) is 0 Å². The number of benzene rings is 1. The molecule has 2 rings (SSSR count). The lowest BCUT2D eigenvalue weighted by Crippen LogP contribution is -2.43. The van der Waals surface area contributed by atoms with Gasteiger partial charge in [0.1, 0.15) is 0 Å². The van der Waals surface area contributed by atoms with E-state index in [-0.39, 0.29) is 12.1 Å². The molecule has 7 heteroatoms. The van der Waals surface area contributed by atoms with Crippen LogP contribution in [0.1, 0.15) is 50.4 Å². The second kappa shape index (κ2) is 10.2. The highest BCUT2D eigenvalue weighted by atomic mass is 16.2. The van der Waals surface area contributed by atoms with E-state index in [1.807, 2.05) is 6.07 Å². The topological polar surface area (TPSA) is 90.7 Å². The van der Waals surface area contributed by atoms with Crippen LogP contribution in [0.5, 0.6) is 0 Å². The number of rotatable bonds is 8. The monoisotopic (exact) mass is 375 g/mol. The number of hydrogen-bond donors (Lipinski definition) is 3. The molecular weight excluding hydrogens is 342 g/mol. The molecule has 0 aliphatic carbocycles. The average Bonchev–Trinajstić information content (AvgIpc) is 2.68. The summed E-state index contributed by atoms with van der Waals surface area (Å²) in [5.41, 5.74) is 7.37. The normalized spacial score (nSPS) is 15.5. The quantitative estimate of drug-likeness (QED) is 0.651. The van der Waals surface area contributed by atoms with Gasteiger partial charge in [0.25, 0.3) is 0 Å². The minimum absolute atomic E-state index is 0.254. The van der Waals surface area contributed by atoms with Crippen LogP contribution in [0.4, 0.5) is 16.2 Å². The van der Waals surface area contributed by atoms with E-state index in [0.29, 0.717) is 17.8 Å². The van der Waals surface area contributed by atoms with Crippen molar-refractivity contribution in [1.82, 2.24) is 10.2 Å². The molecule has 0 radical (unpaired) electrons. The summed E-state index contributed by atoms with van der Waals surface area (Å²) in [6.07, 6.45) is 3.48. The Kier molecular flexibility index (Phi) is 7.91. The van der Waals surface area contributed by atoms with Crippen molar-refractivity contribution in [3.8, 4) is 0 Å². The summed E-state index contributed by atoms with van der Waals surface area (Å²) in [6.45, 7) is 10.7. The third-order valence-corrected chi connectivity index (χ3v) is 5.22. The van der Waals surface area contributed by atoms with E-state index in [4.69, 9.17) is 5.73 Å². The lowest BCUT2D eigenvalue weighted by molar-refractivity contribution is 0.100. The van der Waals surface area contributed by atoms with Crippen molar-refractivity contribution in [3.63, 3.8) is 0 Å². The minimum atomic E-state index is -0.501. The molecule has 1 fully saturated rings. The van der Waals surface area contributed by atoms with Gasteiger partial charge in [-0.3, -0.25) is 9.69 Å². The van der Waals surface area contributed by atoms with Crippen LogP contribution in [0.15, 0.2) is 18.2 Å². The number of carbonyl (C=O) groups is 2. The van der Waals surface area contributed by atoms with Gasteiger partial charge in [-0.2, -0.15) is 0 Å². The maximum Gasteiger partial charge on any atom is 0.319 e. The van der Waals surface area contributed by atoms with Crippen molar-refractivity contribution in [2.24, 2.45) is 5.73 Å². The first-order chi connectivity index (χ1) is 13.0. The zero-order valence-corrected chi connectivity index (χ0v) is 16.8. The van der Waals surface area contributed by atoms with Crippen LogP contribution in [0, 0.1) is 0 Å². The number of amides is 3. The summed E-state index contributed by atoms with van der Waals surface area (Å²) in [7, 11) is 0. The smallest absolute Gasteiger partial charge is 0.319 e. The van der Waals surface area contributed by atoms with Crippen LogP contribution in [-0.4, -0.2) is 55.6 Å². The number of nitrogens with one attached hydrogen (secondary N) is 2. The first-order valence-electron chi connectivity index (χ1n) is 9.94. The Bertz CT molecular complexity index is 639. The third kappa shape index (κ3) is 5.85. The standard InChI is InChI=1S/C20H33N5O2/c1-4-24(5-2)15(3)14-22-20(27)23-17-13-16(19(21)26)9-10-18(17)25-11-7-6-8-12-25/h9-10,13,15H,4-8,11-12,14H2,1-3H3,(H2,21,26)(H2,22,23,27). The largest absolute Gasteiger partial charge is 0.370 e. The van der Waals surface area contributed by atoms with Crippen molar-refractivity contribution < 1.29 is 9.59 Å². The number of primary amides is 1. The van der Waals surface area contributed by atoms with E-state index in [1.165, 1.54) is 6.42 Å². The summed E-state index contributed by atoms with van der Waals surface area (Å²) >= 11 is 0. The maximum atomic E-state index is 12.5. The van der Waals surface area contributed by atoms with Crippen LogP contribution >= 0.6 is 0 Å². The molecule has 0 bridgehead atoms. The summed E-state index contributed by atoms with van der Waals surface area (Å²) in [5.74, 6) is -0.501. The van der Waals surface area contributed by atoms with E-state index in [0.717, 1.165) is 44.7 Å². The summed E-state index contributed by atoms with van der Waals surface area (Å²) < 4.78 is 0. The number of urea groups is 1.